The van der Waals surface area contributed by atoms with Gasteiger partial charge < -0.3 is 15.4 Å². The van der Waals surface area contributed by atoms with Gasteiger partial charge in [-0.2, -0.15) is 5.26 Å². The zero-order valence-corrected chi connectivity index (χ0v) is 13.8. The molecule has 0 aliphatic carbocycles. The molecule has 0 saturated heterocycles. The monoisotopic (exact) mass is 303 g/mol. The Morgan fingerprint density at radius 2 is 2.18 bits per heavy atom. The predicted molar refractivity (Wildman–Crippen MR) is 86.6 cm³/mol. The van der Waals surface area contributed by atoms with E-state index in [1.165, 1.54) is 0 Å². The molecule has 0 saturated carbocycles. The van der Waals surface area contributed by atoms with Crippen LogP contribution in [0.25, 0.3) is 0 Å². The number of ether oxygens (including phenoxy) is 1. The quantitative estimate of drug-likeness (QED) is 0.813. The van der Waals surface area contributed by atoms with E-state index in [4.69, 9.17) is 10.00 Å². The molecule has 2 N–H and O–H groups in total. The van der Waals surface area contributed by atoms with Crippen molar-refractivity contribution in [3.05, 3.63) is 35.4 Å². The second kappa shape index (κ2) is 8.40. The van der Waals surface area contributed by atoms with Crippen molar-refractivity contribution in [2.24, 2.45) is 0 Å². The van der Waals surface area contributed by atoms with Crippen LogP contribution < -0.4 is 10.6 Å². The first-order chi connectivity index (χ1) is 10.4. The summed E-state index contributed by atoms with van der Waals surface area (Å²) in [5.41, 5.74) is 1.41. The van der Waals surface area contributed by atoms with Crippen molar-refractivity contribution in [2.75, 3.05) is 13.7 Å². The fraction of sp³-hybridized carbons (Fsp3) is 0.529. The van der Waals surface area contributed by atoms with Crippen LogP contribution in [-0.4, -0.2) is 31.3 Å². The molecule has 0 bridgehead atoms. The summed E-state index contributed by atoms with van der Waals surface area (Å²) in [7, 11) is 1.67. The number of hydrogen-bond acceptors (Lipinski definition) is 3. The van der Waals surface area contributed by atoms with Crippen LogP contribution in [0.15, 0.2) is 24.3 Å². The number of nitrogens with zero attached hydrogens (tertiary/aromatic N) is 1. The maximum atomic E-state index is 11.8. The summed E-state index contributed by atoms with van der Waals surface area (Å²) in [5, 5.41) is 14.6. The van der Waals surface area contributed by atoms with E-state index in [-0.39, 0.29) is 17.7 Å². The van der Waals surface area contributed by atoms with Crippen molar-refractivity contribution in [1.29, 1.82) is 5.26 Å². The smallest absolute Gasteiger partial charge is 0.315 e. The highest BCUT2D eigenvalue weighted by molar-refractivity contribution is 5.74. The van der Waals surface area contributed by atoms with Gasteiger partial charge in [-0.05, 0) is 51.3 Å². The zero-order chi connectivity index (χ0) is 16.6. The molecular weight excluding hydrogens is 278 g/mol. The number of hydrogen-bond donors (Lipinski definition) is 2. The first kappa shape index (κ1) is 18.0. The Morgan fingerprint density at radius 3 is 2.82 bits per heavy atom. The number of nitriles is 1. The molecule has 1 atom stereocenters. The van der Waals surface area contributed by atoms with E-state index >= 15 is 0 Å². The molecule has 0 aromatic heterocycles. The van der Waals surface area contributed by atoms with Crippen molar-refractivity contribution in [3.63, 3.8) is 0 Å². The highest BCUT2D eigenvalue weighted by Crippen LogP contribution is 2.15. The first-order valence-electron chi connectivity index (χ1n) is 7.45. The van der Waals surface area contributed by atoms with Crippen LogP contribution in [0.2, 0.25) is 0 Å². The van der Waals surface area contributed by atoms with Gasteiger partial charge in [-0.15, -0.1) is 0 Å². The summed E-state index contributed by atoms with van der Waals surface area (Å²) in [6, 6.07) is 9.35. The molecule has 0 fully saturated rings. The highest BCUT2D eigenvalue weighted by atomic mass is 16.5. The molecule has 1 aromatic carbocycles. The van der Waals surface area contributed by atoms with Gasteiger partial charge in [0, 0.05) is 19.7 Å². The highest BCUT2D eigenvalue weighted by Gasteiger charge is 2.21. The second-order valence-corrected chi connectivity index (χ2v) is 6.03. The van der Waals surface area contributed by atoms with Crippen LogP contribution in [0.1, 0.15) is 38.3 Å². The molecule has 5 heteroatoms. The third-order valence-electron chi connectivity index (χ3n) is 3.48. The number of rotatable bonds is 7. The average molecular weight is 303 g/mol. The summed E-state index contributed by atoms with van der Waals surface area (Å²) < 4.78 is 5.35. The summed E-state index contributed by atoms with van der Waals surface area (Å²) in [5.74, 6) is 0. The molecule has 5 nitrogen and oxygen atoms in total. The van der Waals surface area contributed by atoms with Gasteiger partial charge in [0.15, 0.2) is 0 Å². The molecule has 22 heavy (non-hydrogen) atoms. The van der Waals surface area contributed by atoms with Crippen LogP contribution >= 0.6 is 0 Å². The fourth-order valence-corrected chi connectivity index (χ4v) is 2.26. The predicted octanol–water partition coefficient (Wildman–Crippen LogP) is 2.60. The molecule has 0 radical (unpaired) electrons. The Morgan fingerprint density at radius 1 is 1.45 bits per heavy atom. The Labute approximate surface area is 132 Å². The lowest BCUT2D eigenvalue weighted by Gasteiger charge is -2.27. The van der Waals surface area contributed by atoms with Crippen LogP contribution in [0.4, 0.5) is 4.79 Å². The van der Waals surface area contributed by atoms with Crippen LogP contribution in [0, 0.1) is 11.3 Å². The van der Waals surface area contributed by atoms with Crippen molar-refractivity contribution in [3.8, 4) is 6.07 Å². The van der Waals surface area contributed by atoms with E-state index in [0.717, 1.165) is 12.0 Å². The number of nitrogens with one attached hydrogen (secondary N) is 2. The molecule has 2 amide bonds. The summed E-state index contributed by atoms with van der Waals surface area (Å²) in [4.78, 5) is 11.8. The fourth-order valence-electron chi connectivity index (χ4n) is 2.26. The van der Waals surface area contributed by atoms with Gasteiger partial charge in [-0.1, -0.05) is 12.1 Å². The van der Waals surface area contributed by atoms with Crippen LogP contribution in [0.5, 0.6) is 0 Å². The Kier molecular flexibility index (Phi) is 6.87. The van der Waals surface area contributed by atoms with Crippen molar-refractivity contribution in [1.82, 2.24) is 10.6 Å². The van der Waals surface area contributed by atoms with E-state index in [1.807, 2.05) is 39.0 Å². The first-order valence-corrected chi connectivity index (χ1v) is 7.45. The van der Waals surface area contributed by atoms with E-state index < -0.39 is 0 Å². The largest absolute Gasteiger partial charge is 0.379 e. The van der Waals surface area contributed by atoms with E-state index in [0.29, 0.717) is 18.5 Å². The number of urea groups is 1. The molecule has 1 rings (SSSR count). The molecule has 120 valence electrons. The van der Waals surface area contributed by atoms with Crippen molar-refractivity contribution >= 4 is 6.03 Å². The average Bonchev–Trinajstić information content (AvgIpc) is 2.46. The summed E-state index contributed by atoms with van der Waals surface area (Å²) in [6.07, 6.45) is 1.43. The molecule has 0 aliphatic rings. The molecule has 0 heterocycles. The van der Waals surface area contributed by atoms with Gasteiger partial charge in [0.2, 0.25) is 0 Å². The third kappa shape index (κ3) is 6.59. The Hall–Kier alpha value is -2.06. The van der Waals surface area contributed by atoms with Gasteiger partial charge in [-0.25, -0.2) is 4.79 Å². The van der Waals surface area contributed by atoms with Gasteiger partial charge in [0.1, 0.15) is 0 Å². The SMILES string of the molecule is COC(C)(C)C[C@@H](C)NC(=O)NCCc1cccc(C#N)c1. The lowest BCUT2D eigenvalue weighted by Crippen LogP contribution is -2.44. The third-order valence-corrected chi connectivity index (χ3v) is 3.48. The molecule has 1 aromatic rings. The van der Waals surface area contributed by atoms with Crippen molar-refractivity contribution in [2.45, 2.75) is 45.3 Å². The Balaban J connectivity index is 2.33. The number of amides is 2. The van der Waals surface area contributed by atoms with E-state index in [1.54, 1.807) is 13.2 Å². The number of carbonyl (C=O) groups is 1. The number of methoxy groups -OCH3 is 1. The minimum absolute atomic E-state index is 0.0249. The second-order valence-electron chi connectivity index (χ2n) is 6.03. The van der Waals surface area contributed by atoms with Crippen LogP contribution in [-0.2, 0) is 11.2 Å². The lowest BCUT2D eigenvalue weighted by molar-refractivity contribution is 0.00951. The van der Waals surface area contributed by atoms with Gasteiger partial charge in [0.25, 0.3) is 0 Å². The van der Waals surface area contributed by atoms with Gasteiger partial charge >= 0.3 is 6.03 Å². The van der Waals surface area contributed by atoms with E-state index in [9.17, 15) is 4.79 Å². The lowest BCUT2D eigenvalue weighted by atomic mass is 10.00. The molecule has 0 spiro atoms. The normalized spacial score (nSPS) is 12.3. The van der Waals surface area contributed by atoms with E-state index in [2.05, 4.69) is 16.7 Å². The summed E-state index contributed by atoms with van der Waals surface area (Å²) in [6.45, 7) is 6.47. The Bertz CT molecular complexity index is 535. The maximum absolute atomic E-state index is 11.8. The van der Waals surface area contributed by atoms with Crippen molar-refractivity contribution < 1.29 is 9.53 Å². The minimum Gasteiger partial charge on any atom is -0.379 e. The summed E-state index contributed by atoms with van der Waals surface area (Å²) >= 11 is 0. The molecule has 0 unspecified atom stereocenters. The van der Waals surface area contributed by atoms with Gasteiger partial charge in [0.05, 0.1) is 17.2 Å². The zero-order valence-electron chi connectivity index (χ0n) is 13.8. The number of benzene rings is 1. The van der Waals surface area contributed by atoms with Gasteiger partial charge in [-0.3, -0.25) is 0 Å². The standard InChI is InChI=1S/C17H25N3O2/c1-13(11-17(2,3)22-4)20-16(21)19-9-8-14-6-5-7-15(10-14)12-18/h5-7,10,13H,8-9,11H2,1-4H3,(H2,19,20,21)/t13-/m1/s1. The molecular formula is C17H25N3O2. The minimum atomic E-state index is -0.259. The topological polar surface area (TPSA) is 74.2 Å². The molecule has 0 aliphatic heterocycles. The van der Waals surface area contributed by atoms with Crippen LogP contribution in [0.3, 0.4) is 0 Å². The number of carbonyl (C=O) groups excluding carboxylic acids is 1. The maximum Gasteiger partial charge on any atom is 0.315 e.